The van der Waals surface area contributed by atoms with Crippen LogP contribution in [0.2, 0.25) is 0 Å². The summed E-state index contributed by atoms with van der Waals surface area (Å²) in [6.45, 7) is -0.457. The van der Waals surface area contributed by atoms with E-state index in [1.54, 1.807) is 24.3 Å². The first-order valence-corrected chi connectivity index (χ1v) is 6.28. The van der Waals surface area contributed by atoms with Crippen LogP contribution in [0.5, 0.6) is 5.75 Å². The average Bonchev–Trinajstić information content (AvgIpc) is 2.47. The Hall–Kier alpha value is -1.38. The van der Waals surface area contributed by atoms with Gasteiger partial charge in [-0.3, -0.25) is 0 Å². The van der Waals surface area contributed by atoms with Gasteiger partial charge in [0.05, 0.1) is 19.8 Å². The molecular weight excluding hydrogens is 266 g/mol. The highest BCUT2D eigenvalue weighted by Gasteiger charge is 2.43. The van der Waals surface area contributed by atoms with E-state index in [0.29, 0.717) is 11.4 Å². The first kappa shape index (κ1) is 15.0. The molecule has 0 bridgehead atoms. The molecule has 1 aromatic carbocycles. The van der Waals surface area contributed by atoms with Crippen molar-refractivity contribution in [2.75, 3.05) is 19.0 Å². The van der Waals surface area contributed by atoms with Crippen LogP contribution in [-0.2, 0) is 4.74 Å². The zero-order chi connectivity index (χ0) is 14.7. The van der Waals surface area contributed by atoms with Crippen molar-refractivity contribution in [3.8, 4) is 5.75 Å². The lowest BCUT2D eigenvalue weighted by Gasteiger charge is -2.40. The summed E-state index contributed by atoms with van der Waals surface area (Å²) in [6.07, 6.45) is -4.92. The van der Waals surface area contributed by atoms with E-state index in [4.69, 9.17) is 14.6 Å². The van der Waals surface area contributed by atoms with E-state index >= 15 is 0 Å². The lowest BCUT2D eigenvalue weighted by Crippen LogP contribution is -2.61. The van der Waals surface area contributed by atoms with Crippen molar-refractivity contribution in [1.82, 2.24) is 0 Å². The monoisotopic (exact) mass is 285 g/mol. The molecule has 1 aromatic rings. The molecule has 0 saturated carbocycles. The van der Waals surface area contributed by atoms with Gasteiger partial charge < -0.3 is 35.2 Å². The first-order chi connectivity index (χ1) is 9.56. The van der Waals surface area contributed by atoms with Crippen molar-refractivity contribution in [3.63, 3.8) is 0 Å². The van der Waals surface area contributed by atoms with E-state index in [0.717, 1.165) is 0 Å². The van der Waals surface area contributed by atoms with E-state index < -0.39 is 37.3 Å². The number of benzene rings is 1. The molecule has 0 radical (unpaired) electrons. The Labute approximate surface area is 116 Å². The van der Waals surface area contributed by atoms with Gasteiger partial charge in [0.15, 0.2) is 6.29 Å². The second-order valence-electron chi connectivity index (χ2n) is 4.63. The molecule has 1 saturated heterocycles. The standard InChI is InChI=1S/C13H19NO6/c1-19-8-4-2-3-7(5-8)14-10-11(16)9(6-15)20-13(18)12(10)17/h2-5,9-18H,6H2,1H3/t9-,10+,11+,12-,13-/m1/s1. The minimum Gasteiger partial charge on any atom is -0.497 e. The number of anilines is 1. The quantitative estimate of drug-likeness (QED) is 0.478. The second kappa shape index (κ2) is 6.38. The third kappa shape index (κ3) is 3.02. The van der Waals surface area contributed by atoms with E-state index in [-0.39, 0.29) is 0 Å². The minimum absolute atomic E-state index is 0.457. The molecule has 20 heavy (non-hydrogen) atoms. The summed E-state index contributed by atoms with van der Waals surface area (Å²) >= 11 is 0. The first-order valence-electron chi connectivity index (χ1n) is 6.28. The third-order valence-electron chi connectivity index (χ3n) is 3.31. The average molecular weight is 285 g/mol. The fraction of sp³-hybridized carbons (Fsp3) is 0.538. The zero-order valence-corrected chi connectivity index (χ0v) is 11.0. The Bertz CT molecular complexity index is 443. The number of rotatable bonds is 4. The topological polar surface area (TPSA) is 111 Å². The molecule has 0 unspecified atom stereocenters. The van der Waals surface area contributed by atoms with Gasteiger partial charge in [-0.15, -0.1) is 0 Å². The fourth-order valence-electron chi connectivity index (χ4n) is 2.18. The smallest absolute Gasteiger partial charge is 0.183 e. The largest absolute Gasteiger partial charge is 0.497 e. The molecule has 1 aliphatic rings. The summed E-state index contributed by atoms with van der Waals surface area (Å²) in [4.78, 5) is 0. The highest BCUT2D eigenvalue weighted by atomic mass is 16.6. The number of methoxy groups -OCH3 is 1. The Kier molecular flexibility index (Phi) is 4.79. The van der Waals surface area contributed by atoms with Gasteiger partial charge in [0, 0.05) is 11.8 Å². The fourth-order valence-corrected chi connectivity index (χ4v) is 2.18. The number of hydrogen-bond donors (Lipinski definition) is 5. The van der Waals surface area contributed by atoms with Crippen LogP contribution in [-0.4, -0.2) is 64.8 Å². The second-order valence-corrected chi connectivity index (χ2v) is 4.63. The number of nitrogens with one attached hydrogen (secondary N) is 1. The SMILES string of the molecule is COc1cccc(N[C@@H]2[C@@H](O)[C@H](O)O[C@H](CO)[C@@H]2O)c1. The molecule has 0 aliphatic carbocycles. The van der Waals surface area contributed by atoms with E-state index in [2.05, 4.69) is 5.32 Å². The van der Waals surface area contributed by atoms with Crippen LogP contribution in [0.3, 0.4) is 0 Å². The predicted molar refractivity (Wildman–Crippen MR) is 70.4 cm³/mol. The summed E-state index contributed by atoms with van der Waals surface area (Å²) in [6, 6.07) is 6.06. The number of ether oxygens (including phenoxy) is 2. The molecule has 112 valence electrons. The van der Waals surface area contributed by atoms with Crippen LogP contribution in [0.15, 0.2) is 24.3 Å². The summed E-state index contributed by atoms with van der Waals surface area (Å²) < 4.78 is 10.00. The molecule has 5 N–H and O–H groups in total. The van der Waals surface area contributed by atoms with Crippen LogP contribution >= 0.6 is 0 Å². The van der Waals surface area contributed by atoms with Gasteiger partial charge in [-0.1, -0.05) is 6.07 Å². The van der Waals surface area contributed by atoms with Gasteiger partial charge in [-0.2, -0.15) is 0 Å². The molecule has 5 atom stereocenters. The van der Waals surface area contributed by atoms with Crippen LogP contribution in [0.1, 0.15) is 0 Å². The molecule has 7 nitrogen and oxygen atoms in total. The summed E-state index contributed by atoms with van der Waals surface area (Å²) in [5.41, 5.74) is 0.609. The highest BCUT2D eigenvalue weighted by Crippen LogP contribution is 2.24. The van der Waals surface area contributed by atoms with Gasteiger partial charge >= 0.3 is 0 Å². The molecule has 0 spiro atoms. The van der Waals surface area contributed by atoms with Gasteiger partial charge in [-0.25, -0.2) is 0 Å². The Balaban J connectivity index is 2.16. The van der Waals surface area contributed by atoms with Crippen LogP contribution < -0.4 is 10.1 Å². The summed E-state index contributed by atoms with van der Waals surface area (Å²) in [5.74, 6) is 0.616. The van der Waals surface area contributed by atoms with Crippen molar-refractivity contribution in [2.45, 2.75) is 30.6 Å². The van der Waals surface area contributed by atoms with Crippen molar-refractivity contribution >= 4 is 5.69 Å². The number of hydrogen-bond acceptors (Lipinski definition) is 7. The maximum Gasteiger partial charge on any atom is 0.183 e. The lowest BCUT2D eigenvalue weighted by atomic mass is 9.96. The van der Waals surface area contributed by atoms with Crippen molar-refractivity contribution in [1.29, 1.82) is 0 Å². The molecule has 0 aromatic heterocycles. The maximum atomic E-state index is 10.1. The van der Waals surface area contributed by atoms with Gasteiger partial charge in [0.2, 0.25) is 0 Å². The summed E-state index contributed by atoms with van der Waals surface area (Å²) in [5, 5.41) is 41.6. The Morgan fingerprint density at radius 3 is 2.65 bits per heavy atom. The van der Waals surface area contributed by atoms with Crippen LogP contribution in [0.4, 0.5) is 5.69 Å². The predicted octanol–water partition coefficient (Wildman–Crippen LogP) is -1.09. The molecule has 1 fully saturated rings. The minimum atomic E-state index is -1.47. The molecule has 0 amide bonds. The van der Waals surface area contributed by atoms with Crippen molar-refractivity contribution in [2.24, 2.45) is 0 Å². The Morgan fingerprint density at radius 2 is 2.00 bits per heavy atom. The van der Waals surface area contributed by atoms with E-state index in [9.17, 15) is 15.3 Å². The molecular formula is C13H19NO6. The zero-order valence-electron chi connectivity index (χ0n) is 11.0. The normalized spacial score (nSPS) is 33.8. The molecule has 1 aliphatic heterocycles. The molecule has 1 heterocycles. The van der Waals surface area contributed by atoms with Crippen LogP contribution in [0, 0.1) is 0 Å². The van der Waals surface area contributed by atoms with E-state index in [1.165, 1.54) is 7.11 Å². The number of aliphatic hydroxyl groups is 4. The third-order valence-corrected chi connectivity index (χ3v) is 3.31. The van der Waals surface area contributed by atoms with Gasteiger partial charge in [0.1, 0.15) is 24.1 Å². The highest BCUT2D eigenvalue weighted by molar-refractivity contribution is 5.49. The Morgan fingerprint density at radius 1 is 1.25 bits per heavy atom. The summed E-state index contributed by atoms with van der Waals surface area (Å²) in [7, 11) is 1.53. The lowest BCUT2D eigenvalue weighted by molar-refractivity contribution is -0.255. The van der Waals surface area contributed by atoms with Crippen LogP contribution in [0.25, 0.3) is 0 Å². The van der Waals surface area contributed by atoms with Crippen molar-refractivity contribution < 1.29 is 29.9 Å². The maximum absolute atomic E-state index is 10.1. The number of aliphatic hydroxyl groups excluding tert-OH is 4. The molecule has 2 rings (SSSR count). The molecule has 7 heteroatoms. The van der Waals surface area contributed by atoms with Gasteiger partial charge in [0.25, 0.3) is 0 Å². The van der Waals surface area contributed by atoms with Gasteiger partial charge in [-0.05, 0) is 12.1 Å². The van der Waals surface area contributed by atoms with Crippen molar-refractivity contribution in [3.05, 3.63) is 24.3 Å². The van der Waals surface area contributed by atoms with E-state index in [1.807, 2.05) is 0 Å².